The molecule has 0 amide bonds. The second kappa shape index (κ2) is 6.72. The van der Waals surface area contributed by atoms with Crippen molar-refractivity contribution in [2.45, 2.75) is 26.8 Å². The fourth-order valence-electron chi connectivity index (χ4n) is 2.86. The van der Waals surface area contributed by atoms with Crippen LogP contribution in [0.1, 0.15) is 29.7 Å². The SMILES string of the molecule is CCN(c1ccccc1F)C(CN)c1ccc(C)cc1C. The number of para-hydroxylation sites is 1. The van der Waals surface area contributed by atoms with Crippen LogP contribution in [0, 0.1) is 19.7 Å². The standard InChI is InChI=1S/C18H23FN2/c1-4-21(17-8-6-5-7-16(17)19)18(12-20)15-10-9-13(2)11-14(15)3/h5-11,18H,4,12,20H2,1-3H3. The minimum Gasteiger partial charge on any atom is -0.361 e. The largest absolute Gasteiger partial charge is 0.361 e. The van der Waals surface area contributed by atoms with E-state index in [0.29, 0.717) is 18.8 Å². The fourth-order valence-corrected chi connectivity index (χ4v) is 2.86. The zero-order valence-corrected chi connectivity index (χ0v) is 12.9. The van der Waals surface area contributed by atoms with Crippen LogP contribution in [-0.2, 0) is 0 Å². The molecule has 0 aliphatic rings. The van der Waals surface area contributed by atoms with Gasteiger partial charge < -0.3 is 10.6 Å². The first-order chi connectivity index (χ1) is 10.1. The van der Waals surface area contributed by atoms with Gasteiger partial charge in [-0.3, -0.25) is 0 Å². The van der Waals surface area contributed by atoms with Crippen LogP contribution in [0.25, 0.3) is 0 Å². The van der Waals surface area contributed by atoms with E-state index in [0.717, 1.165) is 5.56 Å². The zero-order chi connectivity index (χ0) is 15.4. The Labute approximate surface area is 126 Å². The molecule has 3 heteroatoms. The third kappa shape index (κ3) is 3.24. The molecule has 112 valence electrons. The Morgan fingerprint density at radius 3 is 2.43 bits per heavy atom. The molecular formula is C18H23FN2. The summed E-state index contributed by atoms with van der Waals surface area (Å²) in [6, 6.07) is 13.2. The molecule has 1 atom stereocenters. The van der Waals surface area contributed by atoms with E-state index in [1.807, 2.05) is 24.0 Å². The molecule has 2 rings (SSSR count). The molecule has 2 nitrogen and oxygen atoms in total. The first-order valence-corrected chi connectivity index (χ1v) is 7.36. The molecule has 0 aliphatic carbocycles. The van der Waals surface area contributed by atoms with Crippen molar-refractivity contribution in [2.75, 3.05) is 18.0 Å². The molecule has 2 N–H and O–H groups in total. The third-order valence-electron chi connectivity index (χ3n) is 3.89. The Morgan fingerprint density at radius 2 is 1.86 bits per heavy atom. The molecule has 0 bridgehead atoms. The number of halogens is 1. The number of hydrogen-bond donors (Lipinski definition) is 1. The lowest BCUT2D eigenvalue weighted by atomic mass is 9.97. The molecule has 0 heterocycles. The Kier molecular flexibility index (Phi) is 4.97. The molecule has 0 aromatic heterocycles. The number of nitrogens with two attached hydrogens (primary N) is 1. The first kappa shape index (κ1) is 15.5. The van der Waals surface area contributed by atoms with Crippen molar-refractivity contribution in [2.24, 2.45) is 5.73 Å². The maximum atomic E-state index is 14.1. The predicted octanol–water partition coefficient (Wildman–Crippen LogP) is 3.97. The number of hydrogen-bond acceptors (Lipinski definition) is 2. The van der Waals surface area contributed by atoms with Crippen molar-refractivity contribution in [3.8, 4) is 0 Å². The van der Waals surface area contributed by atoms with E-state index in [1.165, 1.54) is 17.2 Å². The Hall–Kier alpha value is -1.87. The molecule has 0 radical (unpaired) electrons. The van der Waals surface area contributed by atoms with Gasteiger partial charge >= 0.3 is 0 Å². The van der Waals surface area contributed by atoms with E-state index in [2.05, 4.69) is 32.0 Å². The molecule has 1 unspecified atom stereocenters. The van der Waals surface area contributed by atoms with Gasteiger partial charge in [-0.25, -0.2) is 4.39 Å². The maximum Gasteiger partial charge on any atom is 0.146 e. The summed E-state index contributed by atoms with van der Waals surface area (Å²) >= 11 is 0. The van der Waals surface area contributed by atoms with Crippen LogP contribution in [-0.4, -0.2) is 13.1 Å². The van der Waals surface area contributed by atoms with Crippen LogP contribution in [0.15, 0.2) is 42.5 Å². The molecule has 0 saturated carbocycles. The summed E-state index contributed by atoms with van der Waals surface area (Å²) in [5, 5.41) is 0. The number of benzene rings is 2. The lowest BCUT2D eigenvalue weighted by Gasteiger charge is -2.33. The summed E-state index contributed by atoms with van der Waals surface area (Å²) in [4.78, 5) is 2.03. The van der Waals surface area contributed by atoms with Gasteiger partial charge in [0.2, 0.25) is 0 Å². The number of rotatable bonds is 5. The molecule has 0 fully saturated rings. The van der Waals surface area contributed by atoms with Gasteiger partial charge in [0.1, 0.15) is 5.82 Å². The summed E-state index contributed by atoms with van der Waals surface area (Å²) in [5.74, 6) is -0.206. The minimum absolute atomic E-state index is 0.0208. The van der Waals surface area contributed by atoms with E-state index in [-0.39, 0.29) is 11.9 Å². The highest BCUT2D eigenvalue weighted by atomic mass is 19.1. The van der Waals surface area contributed by atoms with E-state index < -0.39 is 0 Å². The molecule has 0 spiro atoms. The monoisotopic (exact) mass is 286 g/mol. The van der Waals surface area contributed by atoms with Crippen molar-refractivity contribution >= 4 is 5.69 Å². The van der Waals surface area contributed by atoms with Gasteiger partial charge in [0, 0.05) is 13.1 Å². The smallest absolute Gasteiger partial charge is 0.146 e. The quantitative estimate of drug-likeness (QED) is 0.901. The van der Waals surface area contributed by atoms with E-state index in [1.54, 1.807) is 6.07 Å². The van der Waals surface area contributed by atoms with Gasteiger partial charge in [-0.05, 0) is 44.0 Å². The molecular weight excluding hydrogens is 263 g/mol. The van der Waals surface area contributed by atoms with Crippen LogP contribution in [0.2, 0.25) is 0 Å². The van der Waals surface area contributed by atoms with Crippen LogP contribution in [0.4, 0.5) is 10.1 Å². The molecule has 2 aromatic rings. The fraction of sp³-hybridized carbons (Fsp3) is 0.333. The summed E-state index contributed by atoms with van der Waals surface area (Å²) in [5.41, 5.74) is 10.2. The van der Waals surface area contributed by atoms with Gasteiger partial charge in [0.05, 0.1) is 11.7 Å². The van der Waals surface area contributed by atoms with Crippen molar-refractivity contribution < 1.29 is 4.39 Å². The summed E-state index contributed by atoms with van der Waals surface area (Å²) in [6.45, 7) is 7.34. The number of aryl methyl sites for hydroxylation is 2. The Balaban J connectivity index is 2.45. The highest BCUT2D eigenvalue weighted by Gasteiger charge is 2.21. The van der Waals surface area contributed by atoms with Gasteiger partial charge in [-0.1, -0.05) is 35.9 Å². The van der Waals surface area contributed by atoms with Gasteiger partial charge in [-0.15, -0.1) is 0 Å². The Bertz CT molecular complexity index is 610. The molecule has 0 aliphatic heterocycles. The summed E-state index contributed by atoms with van der Waals surface area (Å²) in [7, 11) is 0. The highest BCUT2D eigenvalue weighted by Crippen LogP contribution is 2.30. The summed E-state index contributed by atoms with van der Waals surface area (Å²) < 4.78 is 14.1. The lowest BCUT2D eigenvalue weighted by molar-refractivity contribution is 0.587. The van der Waals surface area contributed by atoms with Gasteiger partial charge in [-0.2, -0.15) is 0 Å². The van der Waals surface area contributed by atoms with Crippen molar-refractivity contribution in [3.05, 3.63) is 65.0 Å². The van der Waals surface area contributed by atoms with Crippen LogP contribution in [0.5, 0.6) is 0 Å². The normalized spacial score (nSPS) is 12.2. The molecule has 2 aromatic carbocycles. The van der Waals surface area contributed by atoms with Crippen LogP contribution >= 0.6 is 0 Å². The average Bonchev–Trinajstić information content (AvgIpc) is 2.47. The topological polar surface area (TPSA) is 29.3 Å². The summed E-state index contributed by atoms with van der Waals surface area (Å²) in [6.07, 6.45) is 0. The average molecular weight is 286 g/mol. The second-order valence-electron chi connectivity index (χ2n) is 5.35. The van der Waals surface area contributed by atoms with E-state index in [9.17, 15) is 4.39 Å². The van der Waals surface area contributed by atoms with Crippen molar-refractivity contribution in [1.29, 1.82) is 0 Å². The van der Waals surface area contributed by atoms with E-state index >= 15 is 0 Å². The number of anilines is 1. The van der Waals surface area contributed by atoms with Gasteiger partial charge in [0.25, 0.3) is 0 Å². The minimum atomic E-state index is -0.206. The predicted molar refractivity (Wildman–Crippen MR) is 87.1 cm³/mol. The maximum absolute atomic E-state index is 14.1. The molecule has 21 heavy (non-hydrogen) atoms. The third-order valence-corrected chi connectivity index (χ3v) is 3.89. The van der Waals surface area contributed by atoms with Gasteiger partial charge in [0.15, 0.2) is 0 Å². The van der Waals surface area contributed by atoms with E-state index in [4.69, 9.17) is 5.73 Å². The van der Waals surface area contributed by atoms with Crippen molar-refractivity contribution in [1.82, 2.24) is 0 Å². The second-order valence-corrected chi connectivity index (χ2v) is 5.35. The number of nitrogens with zero attached hydrogens (tertiary/aromatic N) is 1. The zero-order valence-electron chi connectivity index (χ0n) is 12.9. The highest BCUT2D eigenvalue weighted by molar-refractivity contribution is 5.51. The lowest BCUT2D eigenvalue weighted by Crippen LogP contribution is -2.34. The molecule has 0 saturated heterocycles. The first-order valence-electron chi connectivity index (χ1n) is 7.36. The van der Waals surface area contributed by atoms with Crippen molar-refractivity contribution in [3.63, 3.8) is 0 Å². The van der Waals surface area contributed by atoms with Crippen LogP contribution < -0.4 is 10.6 Å². The Morgan fingerprint density at radius 1 is 1.14 bits per heavy atom. The number of likely N-dealkylation sites (N-methyl/N-ethyl adjacent to an activating group) is 1. The van der Waals surface area contributed by atoms with Crippen LogP contribution in [0.3, 0.4) is 0 Å².